The third-order valence-electron chi connectivity index (χ3n) is 4.54. The van der Waals surface area contributed by atoms with Crippen molar-refractivity contribution >= 4 is 45.9 Å². The number of hydrogen-bond donors (Lipinski definition) is 1. The Morgan fingerprint density at radius 3 is 2.55 bits per heavy atom. The zero-order valence-corrected chi connectivity index (χ0v) is 15.9. The van der Waals surface area contributed by atoms with Crippen molar-refractivity contribution < 1.29 is 23.9 Å². The van der Waals surface area contributed by atoms with Crippen molar-refractivity contribution in [3.63, 3.8) is 0 Å². The summed E-state index contributed by atoms with van der Waals surface area (Å²) in [5.74, 6) is -1.79. The number of aliphatic carboxylic acids is 1. The third kappa shape index (κ3) is 3.79. The molecule has 0 aliphatic carbocycles. The lowest BCUT2D eigenvalue weighted by Crippen LogP contribution is -2.27. The maximum Gasteiger partial charge on any atom is 0.323 e. The SMILES string of the molecule is O=C(O)Cn1cc(/C=C2\SC(=O)N(Cc3ccc(F)cc3)C2=O)c2ccccc21. The van der Waals surface area contributed by atoms with Gasteiger partial charge in [-0.15, -0.1) is 0 Å². The van der Waals surface area contributed by atoms with Gasteiger partial charge in [-0.2, -0.15) is 0 Å². The first-order valence-corrected chi connectivity index (χ1v) is 9.53. The number of halogens is 1. The number of carboxylic acids is 1. The number of aromatic nitrogens is 1. The third-order valence-corrected chi connectivity index (χ3v) is 5.45. The van der Waals surface area contributed by atoms with E-state index in [-0.39, 0.29) is 23.8 Å². The molecule has 2 amide bonds. The molecule has 6 nitrogen and oxygen atoms in total. The Morgan fingerprint density at radius 2 is 1.83 bits per heavy atom. The van der Waals surface area contributed by atoms with E-state index in [0.29, 0.717) is 11.1 Å². The number of carboxylic acid groups (broad SMARTS) is 1. The molecule has 1 aliphatic heterocycles. The molecule has 0 spiro atoms. The predicted octanol–water partition coefficient (Wildman–Crippen LogP) is 4.10. The Morgan fingerprint density at radius 1 is 1.10 bits per heavy atom. The Bertz CT molecular complexity index is 1170. The quantitative estimate of drug-likeness (QED) is 0.641. The molecule has 0 radical (unpaired) electrons. The summed E-state index contributed by atoms with van der Waals surface area (Å²) in [5.41, 5.74) is 2.04. The average molecular weight is 410 g/mol. The Kier molecular flexibility index (Phi) is 4.94. The van der Waals surface area contributed by atoms with Crippen LogP contribution in [0.4, 0.5) is 9.18 Å². The van der Waals surface area contributed by atoms with Crippen LogP contribution in [0.15, 0.2) is 59.6 Å². The van der Waals surface area contributed by atoms with E-state index in [9.17, 15) is 18.8 Å². The van der Waals surface area contributed by atoms with E-state index < -0.39 is 17.1 Å². The van der Waals surface area contributed by atoms with Gasteiger partial charge in [0.2, 0.25) is 0 Å². The van der Waals surface area contributed by atoms with E-state index in [4.69, 9.17) is 5.11 Å². The topological polar surface area (TPSA) is 79.6 Å². The summed E-state index contributed by atoms with van der Waals surface area (Å²) in [6.45, 7) is -0.149. The molecular formula is C21H15FN2O4S. The Balaban J connectivity index is 1.65. The van der Waals surface area contributed by atoms with Crippen LogP contribution in [-0.2, 0) is 22.7 Å². The monoisotopic (exact) mass is 410 g/mol. The van der Waals surface area contributed by atoms with Crippen LogP contribution < -0.4 is 0 Å². The highest BCUT2D eigenvalue weighted by Crippen LogP contribution is 2.35. The smallest absolute Gasteiger partial charge is 0.323 e. The van der Waals surface area contributed by atoms with Crippen LogP contribution >= 0.6 is 11.8 Å². The standard InChI is InChI=1S/C21H15FN2O4S/c22-15-7-5-13(6-8-15)10-24-20(27)18(29-21(24)28)9-14-11-23(12-19(25)26)17-4-2-1-3-16(14)17/h1-9,11H,10,12H2,(H,25,26)/b18-9-. The van der Waals surface area contributed by atoms with Crippen molar-refractivity contribution in [3.8, 4) is 0 Å². The van der Waals surface area contributed by atoms with Crippen LogP contribution in [0.25, 0.3) is 17.0 Å². The van der Waals surface area contributed by atoms with Gasteiger partial charge in [-0.25, -0.2) is 4.39 Å². The lowest BCUT2D eigenvalue weighted by atomic mass is 10.1. The molecule has 1 fully saturated rings. The van der Waals surface area contributed by atoms with E-state index in [2.05, 4.69) is 0 Å². The molecule has 1 aliphatic rings. The highest BCUT2D eigenvalue weighted by molar-refractivity contribution is 8.18. The van der Waals surface area contributed by atoms with E-state index in [1.807, 2.05) is 12.1 Å². The predicted molar refractivity (Wildman–Crippen MR) is 107 cm³/mol. The van der Waals surface area contributed by atoms with Crippen molar-refractivity contribution in [1.82, 2.24) is 9.47 Å². The van der Waals surface area contributed by atoms with Crippen LogP contribution in [-0.4, -0.2) is 31.7 Å². The minimum Gasteiger partial charge on any atom is -0.480 e. The van der Waals surface area contributed by atoms with Gasteiger partial charge in [-0.05, 0) is 41.6 Å². The summed E-state index contributed by atoms with van der Waals surface area (Å²) < 4.78 is 14.7. The first-order chi connectivity index (χ1) is 13.9. The van der Waals surface area contributed by atoms with Crippen LogP contribution in [0, 0.1) is 5.82 Å². The molecule has 1 aromatic heterocycles. The van der Waals surface area contributed by atoms with Gasteiger partial charge in [0.15, 0.2) is 0 Å². The fraction of sp³-hybridized carbons (Fsp3) is 0.0952. The second kappa shape index (κ2) is 7.56. The lowest BCUT2D eigenvalue weighted by molar-refractivity contribution is -0.137. The molecule has 1 saturated heterocycles. The Labute approximate surface area is 169 Å². The molecule has 8 heteroatoms. The lowest BCUT2D eigenvalue weighted by Gasteiger charge is -2.12. The first-order valence-electron chi connectivity index (χ1n) is 8.72. The number of imide groups is 1. The first kappa shape index (κ1) is 18.9. The highest BCUT2D eigenvalue weighted by Gasteiger charge is 2.35. The molecule has 146 valence electrons. The molecular weight excluding hydrogens is 395 g/mol. The Hall–Kier alpha value is -3.39. The van der Waals surface area contributed by atoms with Gasteiger partial charge in [0.05, 0.1) is 11.4 Å². The van der Waals surface area contributed by atoms with Crippen molar-refractivity contribution in [1.29, 1.82) is 0 Å². The molecule has 0 saturated carbocycles. The minimum atomic E-state index is -0.975. The molecule has 1 N–H and O–H groups in total. The number of benzene rings is 2. The highest BCUT2D eigenvalue weighted by atomic mass is 32.2. The van der Waals surface area contributed by atoms with Gasteiger partial charge in [0, 0.05) is 22.7 Å². The maximum atomic E-state index is 13.1. The number of carbonyl (C=O) groups excluding carboxylic acids is 2. The molecule has 29 heavy (non-hydrogen) atoms. The van der Waals surface area contributed by atoms with Crippen LogP contribution in [0.3, 0.4) is 0 Å². The van der Waals surface area contributed by atoms with E-state index in [1.54, 1.807) is 29.0 Å². The second-order valence-corrected chi connectivity index (χ2v) is 7.51. The van der Waals surface area contributed by atoms with Gasteiger partial charge < -0.3 is 9.67 Å². The number of amides is 2. The zero-order valence-electron chi connectivity index (χ0n) is 15.0. The fourth-order valence-electron chi connectivity index (χ4n) is 3.22. The zero-order chi connectivity index (χ0) is 20.5. The summed E-state index contributed by atoms with van der Waals surface area (Å²) in [6, 6.07) is 12.9. The molecule has 2 heterocycles. The number of para-hydroxylation sites is 1. The number of nitrogens with zero attached hydrogens (tertiary/aromatic N) is 2. The summed E-state index contributed by atoms with van der Waals surface area (Å²) in [6.07, 6.45) is 3.27. The molecule has 4 rings (SSSR count). The number of hydrogen-bond acceptors (Lipinski definition) is 4. The fourth-order valence-corrected chi connectivity index (χ4v) is 4.05. The second-order valence-electron chi connectivity index (χ2n) is 6.52. The van der Waals surface area contributed by atoms with Gasteiger partial charge in [-0.3, -0.25) is 19.3 Å². The van der Waals surface area contributed by atoms with Crippen molar-refractivity contribution in [2.75, 3.05) is 0 Å². The van der Waals surface area contributed by atoms with E-state index in [0.717, 1.165) is 27.6 Å². The molecule has 0 atom stereocenters. The number of thioether (sulfide) groups is 1. The average Bonchev–Trinajstić information content (AvgIpc) is 3.16. The van der Waals surface area contributed by atoms with Gasteiger partial charge >= 0.3 is 5.97 Å². The molecule has 0 unspecified atom stereocenters. The van der Waals surface area contributed by atoms with Crippen molar-refractivity contribution in [2.24, 2.45) is 0 Å². The summed E-state index contributed by atoms with van der Waals surface area (Å²) >= 11 is 0.830. The molecule has 2 aromatic carbocycles. The summed E-state index contributed by atoms with van der Waals surface area (Å²) in [5, 5.41) is 9.51. The molecule has 3 aromatic rings. The number of rotatable bonds is 5. The normalized spacial score (nSPS) is 15.6. The maximum absolute atomic E-state index is 13.1. The minimum absolute atomic E-state index is 0.0586. The van der Waals surface area contributed by atoms with Crippen LogP contribution in [0.5, 0.6) is 0 Å². The summed E-state index contributed by atoms with van der Waals surface area (Å²) in [7, 11) is 0. The van der Waals surface area contributed by atoms with E-state index >= 15 is 0 Å². The van der Waals surface area contributed by atoms with E-state index in [1.165, 1.54) is 24.3 Å². The molecule has 0 bridgehead atoms. The number of carbonyl (C=O) groups is 3. The van der Waals surface area contributed by atoms with Crippen LogP contribution in [0.2, 0.25) is 0 Å². The van der Waals surface area contributed by atoms with Gasteiger partial charge in [0.1, 0.15) is 12.4 Å². The largest absolute Gasteiger partial charge is 0.480 e. The van der Waals surface area contributed by atoms with Crippen molar-refractivity contribution in [2.45, 2.75) is 13.1 Å². The van der Waals surface area contributed by atoms with Crippen LogP contribution in [0.1, 0.15) is 11.1 Å². The summed E-state index contributed by atoms with van der Waals surface area (Å²) in [4.78, 5) is 37.6. The van der Waals surface area contributed by atoms with Gasteiger partial charge in [0.25, 0.3) is 11.1 Å². The number of fused-ring (bicyclic) bond motifs is 1. The van der Waals surface area contributed by atoms with Crippen molar-refractivity contribution in [3.05, 3.63) is 76.6 Å². The van der Waals surface area contributed by atoms with Gasteiger partial charge in [-0.1, -0.05) is 30.3 Å².